The minimum Gasteiger partial charge on any atom is -0.306 e. The third-order valence-electron chi connectivity index (χ3n) is 2.77. The molecule has 18 heavy (non-hydrogen) atoms. The number of aromatic nitrogens is 2. The number of halogens is 2. The molecule has 0 aliphatic heterocycles. The van der Waals surface area contributed by atoms with Gasteiger partial charge < -0.3 is 4.98 Å². The molecule has 0 spiro atoms. The molecule has 0 atom stereocenters. The van der Waals surface area contributed by atoms with Crippen LogP contribution in [0.1, 0.15) is 18.2 Å². The number of benzene rings is 1. The molecule has 1 heterocycles. The first-order chi connectivity index (χ1) is 8.52. The molecule has 0 saturated carbocycles. The summed E-state index contributed by atoms with van der Waals surface area (Å²) in [5, 5.41) is 0.590. The van der Waals surface area contributed by atoms with Gasteiger partial charge in [0, 0.05) is 21.3 Å². The Kier molecular flexibility index (Phi) is 3.88. The predicted molar refractivity (Wildman–Crippen MR) is 77.1 cm³/mol. The Hall–Kier alpha value is -1.13. The van der Waals surface area contributed by atoms with Gasteiger partial charge in [-0.1, -0.05) is 24.6 Å². The van der Waals surface area contributed by atoms with Crippen LogP contribution >= 0.6 is 27.5 Å². The second-order valence-corrected chi connectivity index (χ2v) is 5.22. The van der Waals surface area contributed by atoms with E-state index >= 15 is 0 Å². The van der Waals surface area contributed by atoms with Crippen LogP contribution in [0.4, 0.5) is 0 Å². The van der Waals surface area contributed by atoms with Gasteiger partial charge in [0.15, 0.2) is 0 Å². The van der Waals surface area contributed by atoms with Crippen LogP contribution in [-0.2, 0) is 6.42 Å². The number of rotatable bonds is 2. The van der Waals surface area contributed by atoms with Gasteiger partial charge in [0.05, 0.1) is 5.02 Å². The highest BCUT2D eigenvalue weighted by Crippen LogP contribution is 2.27. The van der Waals surface area contributed by atoms with Crippen LogP contribution in [0.5, 0.6) is 0 Å². The monoisotopic (exact) mass is 326 g/mol. The Morgan fingerprint density at radius 3 is 2.72 bits per heavy atom. The summed E-state index contributed by atoms with van der Waals surface area (Å²) in [4.78, 5) is 19.1. The lowest BCUT2D eigenvalue weighted by molar-refractivity contribution is 0.968. The van der Waals surface area contributed by atoms with Crippen LogP contribution in [0.3, 0.4) is 0 Å². The number of hydrogen-bond donors (Lipinski definition) is 1. The molecule has 2 aromatic rings. The van der Waals surface area contributed by atoms with Gasteiger partial charge in [0.2, 0.25) is 0 Å². The van der Waals surface area contributed by atoms with E-state index in [9.17, 15) is 4.79 Å². The molecule has 0 amide bonds. The number of aromatic amines is 1. The Balaban J connectivity index is 2.58. The number of hydrogen-bond acceptors (Lipinski definition) is 2. The van der Waals surface area contributed by atoms with Crippen LogP contribution in [0.2, 0.25) is 5.02 Å². The van der Waals surface area contributed by atoms with Crippen LogP contribution in [0, 0.1) is 6.92 Å². The van der Waals surface area contributed by atoms with Gasteiger partial charge in [-0.15, -0.1) is 0 Å². The summed E-state index contributed by atoms with van der Waals surface area (Å²) in [5.74, 6) is 0.545. The Morgan fingerprint density at radius 1 is 1.44 bits per heavy atom. The fraction of sp³-hybridized carbons (Fsp3) is 0.231. The summed E-state index contributed by atoms with van der Waals surface area (Å²) in [5.41, 5.74) is 2.20. The maximum absolute atomic E-state index is 11.9. The molecule has 0 bridgehead atoms. The highest BCUT2D eigenvalue weighted by Gasteiger charge is 2.09. The van der Waals surface area contributed by atoms with Gasteiger partial charge in [-0.2, -0.15) is 0 Å². The first kappa shape index (κ1) is 13.3. The average molecular weight is 328 g/mol. The highest BCUT2D eigenvalue weighted by molar-refractivity contribution is 9.10. The topological polar surface area (TPSA) is 45.8 Å². The molecule has 1 aromatic heterocycles. The summed E-state index contributed by atoms with van der Waals surface area (Å²) in [6.07, 6.45) is 0.676. The van der Waals surface area contributed by atoms with Crippen LogP contribution in [0.25, 0.3) is 11.4 Å². The lowest BCUT2D eigenvalue weighted by atomic mass is 10.1. The minimum atomic E-state index is -0.0842. The van der Waals surface area contributed by atoms with Crippen LogP contribution in [0.15, 0.2) is 27.5 Å². The molecule has 1 aromatic carbocycles. The van der Waals surface area contributed by atoms with E-state index in [2.05, 4.69) is 25.9 Å². The number of aryl methyl sites for hydroxylation is 1. The molecular weight excluding hydrogens is 316 g/mol. The van der Waals surface area contributed by atoms with Crippen molar-refractivity contribution in [2.75, 3.05) is 0 Å². The third kappa shape index (κ3) is 2.49. The van der Waals surface area contributed by atoms with E-state index in [-0.39, 0.29) is 5.56 Å². The summed E-state index contributed by atoms with van der Waals surface area (Å²) in [6.45, 7) is 3.79. The molecule has 0 saturated heterocycles. The van der Waals surface area contributed by atoms with Crippen molar-refractivity contribution in [3.63, 3.8) is 0 Å². The van der Waals surface area contributed by atoms with E-state index in [1.807, 2.05) is 26.0 Å². The van der Waals surface area contributed by atoms with E-state index in [0.29, 0.717) is 17.3 Å². The van der Waals surface area contributed by atoms with E-state index < -0.39 is 0 Å². The van der Waals surface area contributed by atoms with Gasteiger partial charge in [-0.25, -0.2) is 4.98 Å². The van der Waals surface area contributed by atoms with Gasteiger partial charge in [0.25, 0.3) is 5.56 Å². The van der Waals surface area contributed by atoms with Gasteiger partial charge in [-0.05, 0) is 41.4 Å². The molecule has 0 radical (unpaired) electrons. The number of H-pyrrole nitrogens is 1. The first-order valence-corrected chi connectivity index (χ1v) is 6.75. The molecule has 5 heteroatoms. The third-order valence-corrected chi connectivity index (χ3v) is 4.00. The second kappa shape index (κ2) is 5.24. The molecule has 1 N–H and O–H groups in total. The van der Waals surface area contributed by atoms with Crippen molar-refractivity contribution in [3.8, 4) is 11.4 Å². The van der Waals surface area contributed by atoms with Crippen molar-refractivity contribution >= 4 is 27.5 Å². The first-order valence-electron chi connectivity index (χ1n) is 5.58. The van der Waals surface area contributed by atoms with E-state index in [4.69, 9.17) is 11.6 Å². The zero-order valence-corrected chi connectivity index (χ0v) is 12.4. The molecule has 94 valence electrons. The maximum atomic E-state index is 11.9. The van der Waals surface area contributed by atoms with Crippen molar-refractivity contribution < 1.29 is 0 Å². The SMILES string of the molecule is CCc1c(C)nc(-c2ccc(Br)c(Cl)c2)[nH]c1=O. The van der Waals surface area contributed by atoms with Crippen LogP contribution in [-0.4, -0.2) is 9.97 Å². The molecule has 0 fully saturated rings. The molecule has 2 rings (SSSR count). The standard InChI is InChI=1S/C13H12BrClN2O/c1-3-9-7(2)16-12(17-13(9)18)8-4-5-10(14)11(15)6-8/h4-6H,3H2,1-2H3,(H,16,17,18). The van der Waals surface area contributed by atoms with E-state index in [1.165, 1.54) is 0 Å². The van der Waals surface area contributed by atoms with Crippen molar-refractivity contribution in [2.45, 2.75) is 20.3 Å². The summed E-state index contributed by atoms with van der Waals surface area (Å²) in [6, 6.07) is 5.47. The Morgan fingerprint density at radius 2 is 2.17 bits per heavy atom. The fourth-order valence-electron chi connectivity index (χ4n) is 1.81. The molecule has 0 aliphatic carbocycles. The van der Waals surface area contributed by atoms with Crippen molar-refractivity contribution in [1.29, 1.82) is 0 Å². The maximum Gasteiger partial charge on any atom is 0.254 e. The minimum absolute atomic E-state index is 0.0842. The second-order valence-electron chi connectivity index (χ2n) is 3.96. The lowest BCUT2D eigenvalue weighted by Gasteiger charge is -2.06. The zero-order valence-electron chi connectivity index (χ0n) is 10.1. The fourth-order valence-corrected chi connectivity index (χ4v) is 2.23. The van der Waals surface area contributed by atoms with Gasteiger partial charge >= 0.3 is 0 Å². The van der Waals surface area contributed by atoms with Gasteiger partial charge in [0.1, 0.15) is 5.82 Å². The zero-order chi connectivity index (χ0) is 13.3. The quantitative estimate of drug-likeness (QED) is 0.913. The van der Waals surface area contributed by atoms with Crippen LogP contribution < -0.4 is 5.56 Å². The molecular formula is C13H12BrClN2O. The average Bonchev–Trinajstić information content (AvgIpc) is 2.32. The Labute approximate surface area is 118 Å². The molecule has 0 unspecified atom stereocenters. The lowest BCUT2D eigenvalue weighted by Crippen LogP contribution is -2.16. The summed E-state index contributed by atoms with van der Waals surface area (Å²) >= 11 is 9.36. The van der Waals surface area contributed by atoms with Crippen molar-refractivity contribution in [1.82, 2.24) is 9.97 Å². The number of nitrogens with zero attached hydrogens (tertiary/aromatic N) is 1. The largest absolute Gasteiger partial charge is 0.306 e. The van der Waals surface area contributed by atoms with Gasteiger partial charge in [-0.3, -0.25) is 4.79 Å². The summed E-state index contributed by atoms with van der Waals surface area (Å²) < 4.78 is 0.817. The normalized spacial score (nSPS) is 10.7. The predicted octanol–water partition coefficient (Wildman–Crippen LogP) is 3.72. The Bertz CT molecular complexity index is 652. The van der Waals surface area contributed by atoms with E-state index in [1.54, 1.807) is 6.07 Å². The molecule has 3 nitrogen and oxygen atoms in total. The van der Waals surface area contributed by atoms with Crippen molar-refractivity contribution in [3.05, 3.63) is 49.3 Å². The number of nitrogens with one attached hydrogen (secondary N) is 1. The highest BCUT2D eigenvalue weighted by atomic mass is 79.9. The van der Waals surface area contributed by atoms with E-state index in [0.717, 1.165) is 21.3 Å². The van der Waals surface area contributed by atoms with Crippen molar-refractivity contribution in [2.24, 2.45) is 0 Å². The molecule has 0 aliphatic rings. The summed E-state index contributed by atoms with van der Waals surface area (Å²) in [7, 11) is 0. The smallest absolute Gasteiger partial charge is 0.254 e.